The van der Waals surface area contributed by atoms with Crippen LogP contribution in [0, 0.1) is 0 Å². The highest BCUT2D eigenvalue weighted by molar-refractivity contribution is 7.99. The Morgan fingerprint density at radius 1 is 1.25 bits per heavy atom. The molecule has 0 aliphatic heterocycles. The molecule has 1 atom stereocenters. The van der Waals surface area contributed by atoms with Crippen LogP contribution in [0.5, 0.6) is 0 Å². The lowest BCUT2D eigenvalue weighted by Gasteiger charge is -2.14. The Kier molecular flexibility index (Phi) is 5.17. The summed E-state index contributed by atoms with van der Waals surface area (Å²) in [5, 5.41) is 19.2. The minimum absolute atomic E-state index is 0.250. The highest BCUT2D eigenvalue weighted by Crippen LogP contribution is 2.26. The van der Waals surface area contributed by atoms with Gasteiger partial charge in [0.2, 0.25) is 0 Å². The SMILES string of the molecule is CC(C)n1c(CN)nnc1SCC(O)c1ccccc1. The van der Waals surface area contributed by atoms with Gasteiger partial charge in [0.25, 0.3) is 0 Å². The van der Waals surface area contributed by atoms with Crippen LogP contribution >= 0.6 is 11.8 Å². The van der Waals surface area contributed by atoms with E-state index < -0.39 is 6.10 Å². The first-order chi connectivity index (χ1) is 9.63. The molecule has 6 heteroatoms. The van der Waals surface area contributed by atoms with Crippen molar-refractivity contribution in [2.24, 2.45) is 5.73 Å². The molecule has 0 saturated carbocycles. The summed E-state index contributed by atoms with van der Waals surface area (Å²) in [6.07, 6.45) is -0.514. The quantitative estimate of drug-likeness (QED) is 0.798. The molecule has 1 aromatic carbocycles. The van der Waals surface area contributed by atoms with Gasteiger partial charge in [-0.05, 0) is 19.4 Å². The number of aromatic nitrogens is 3. The van der Waals surface area contributed by atoms with Gasteiger partial charge in [0, 0.05) is 11.8 Å². The van der Waals surface area contributed by atoms with Gasteiger partial charge in [-0.2, -0.15) is 0 Å². The molecule has 2 aromatic rings. The lowest BCUT2D eigenvalue weighted by molar-refractivity contribution is 0.204. The maximum Gasteiger partial charge on any atom is 0.191 e. The number of benzene rings is 1. The molecule has 3 N–H and O–H groups in total. The third-order valence-electron chi connectivity index (χ3n) is 2.99. The first-order valence-corrected chi connectivity index (χ1v) is 7.61. The van der Waals surface area contributed by atoms with Gasteiger partial charge in [0.05, 0.1) is 12.6 Å². The number of thioether (sulfide) groups is 1. The summed E-state index contributed by atoms with van der Waals surface area (Å²) in [5.74, 6) is 1.32. The van der Waals surface area contributed by atoms with E-state index >= 15 is 0 Å². The Labute approximate surface area is 123 Å². The van der Waals surface area contributed by atoms with Crippen LogP contribution in [0.3, 0.4) is 0 Å². The summed E-state index contributed by atoms with van der Waals surface area (Å²) >= 11 is 1.50. The normalized spacial score (nSPS) is 12.8. The number of hydrogen-bond acceptors (Lipinski definition) is 5. The fourth-order valence-corrected chi connectivity index (χ4v) is 3.04. The third kappa shape index (κ3) is 3.39. The van der Waals surface area contributed by atoms with Gasteiger partial charge in [0.1, 0.15) is 5.82 Å². The van der Waals surface area contributed by atoms with E-state index in [0.717, 1.165) is 16.5 Å². The van der Waals surface area contributed by atoms with Crippen molar-refractivity contribution in [1.82, 2.24) is 14.8 Å². The Bertz CT molecular complexity index is 541. The topological polar surface area (TPSA) is 77.0 Å². The summed E-state index contributed by atoms with van der Waals surface area (Å²) < 4.78 is 2.02. The molecule has 1 aromatic heterocycles. The molecule has 5 nitrogen and oxygen atoms in total. The molecule has 0 bridgehead atoms. The average molecular weight is 292 g/mol. The highest BCUT2D eigenvalue weighted by Gasteiger charge is 2.16. The number of rotatable bonds is 6. The van der Waals surface area contributed by atoms with E-state index in [0.29, 0.717) is 12.3 Å². The number of hydrogen-bond donors (Lipinski definition) is 2. The summed E-state index contributed by atoms with van der Waals surface area (Å²) in [7, 11) is 0. The monoisotopic (exact) mass is 292 g/mol. The van der Waals surface area contributed by atoms with Crippen LogP contribution in [0.2, 0.25) is 0 Å². The number of nitrogens with zero attached hydrogens (tertiary/aromatic N) is 3. The van der Waals surface area contributed by atoms with Crippen LogP contribution in [-0.4, -0.2) is 25.6 Å². The van der Waals surface area contributed by atoms with Crippen molar-refractivity contribution >= 4 is 11.8 Å². The van der Waals surface area contributed by atoms with E-state index in [1.807, 2.05) is 34.9 Å². The molecule has 0 spiro atoms. The van der Waals surface area contributed by atoms with Gasteiger partial charge >= 0.3 is 0 Å². The molecule has 1 heterocycles. The molecule has 0 radical (unpaired) electrons. The smallest absolute Gasteiger partial charge is 0.191 e. The first kappa shape index (κ1) is 15.0. The van der Waals surface area contributed by atoms with E-state index in [-0.39, 0.29) is 6.04 Å². The molecule has 0 aliphatic rings. The van der Waals surface area contributed by atoms with Gasteiger partial charge in [-0.1, -0.05) is 42.1 Å². The predicted octanol–water partition coefficient (Wildman–Crippen LogP) is 2.14. The van der Waals surface area contributed by atoms with Gasteiger partial charge < -0.3 is 15.4 Å². The standard InChI is InChI=1S/C14H20N4OS/c1-10(2)18-13(8-15)16-17-14(18)20-9-12(19)11-6-4-3-5-7-11/h3-7,10,12,19H,8-9,15H2,1-2H3. The van der Waals surface area contributed by atoms with Crippen molar-refractivity contribution in [2.75, 3.05) is 5.75 Å². The van der Waals surface area contributed by atoms with Crippen molar-refractivity contribution in [3.05, 3.63) is 41.7 Å². The molecule has 20 heavy (non-hydrogen) atoms. The average Bonchev–Trinajstić information content (AvgIpc) is 2.88. The molecular weight excluding hydrogens is 272 g/mol. The third-order valence-corrected chi connectivity index (χ3v) is 4.01. The summed E-state index contributed by atoms with van der Waals surface area (Å²) in [5.41, 5.74) is 6.58. The largest absolute Gasteiger partial charge is 0.388 e. The minimum Gasteiger partial charge on any atom is -0.388 e. The molecule has 0 aliphatic carbocycles. The zero-order valence-corrected chi connectivity index (χ0v) is 12.5. The van der Waals surface area contributed by atoms with Crippen molar-refractivity contribution in [3.8, 4) is 0 Å². The van der Waals surface area contributed by atoms with Gasteiger partial charge in [-0.25, -0.2) is 0 Å². The van der Waals surface area contributed by atoms with E-state index in [1.165, 1.54) is 11.8 Å². The number of nitrogens with two attached hydrogens (primary N) is 1. The molecule has 0 fully saturated rings. The molecule has 0 saturated heterocycles. The Morgan fingerprint density at radius 2 is 1.95 bits per heavy atom. The van der Waals surface area contributed by atoms with E-state index in [1.54, 1.807) is 0 Å². The van der Waals surface area contributed by atoms with Crippen molar-refractivity contribution < 1.29 is 5.11 Å². The van der Waals surface area contributed by atoms with Crippen LogP contribution in [-0.2, 0) is 6.54 Å². The summed E-state index contributed by atoms with van der Waals surface area (Å²) in [6.45, 7) is 4.51. The Hall–Kier alpha value is -1.37. The van der Waals surface area contributed by atoms with E-state index in [2.05, 4.69) is 24.0 Å². The van der Waals surface area contributed by atoms with E-state index in [9.17, 15) is 5.11 Å². The Morgan fingerprint density at radius 3 is 2.55 bits per heavy atom. The number of aliphatic hydroxyl groups excluding tert-OH is 1. The van der Waals surface area contributed by atoms with Crippen LogP contribution in [0.1, 0.15) is 37.4 Å². The molecule has 1 unspecified atom stereocenters. The molecule has 108 valence electrons. The number of aliphatic hydroxyl groups is 1. The van der Waals surface area contributed by atoms with Gasteiger partial charge in [0.15, 0.2) is 5.16 Å². The molecule has 2 rings (SSSR count). The van der Waals surface area contributed by atoms with Crippen LogP contribution in [0.15, 0.2) is 35.5 Å². The lowest BCUT2D eigenvalue weighted by atomic mass is 10.1. The summed E-state index contributed by atoms with van der Waals surface area (Å²) in [6, 6.07) is 9.87. The van der Waals surface area contributed by atoms with Crippen LogP contribution in [0.25, 0.3) is 0 Å². The van der Waals surface area contributed by atoms with Crippen molar-refractivity contribution in [1.29, 1.82) is 0 Å². The predicted molar refractivity (Wildman–Crippen MR) is 80.4 cm³/mol. The zero-order chi connectivity index (χ0) is 14.5. The second kappa shape index (κ2) is 6.88. The zero-order valence-electron chi connectivity index (χ0n) is 11.7. The maximum absolute atomic E-state index is 10.2. The second-order valence-electron chi connectivity index (χ2n) is 4.80. The van der Waals surface area contributed by atoms with E-state index in [4.69, 9.17) is 5.73 Å². The summed E-state index contributed by atoms with van der Waals surface area (Å²) in [4.78, 5) is 0. The first-order valence-electron chi connectivity index (χ1n) is 6.63. The second-order valence-corrected chi connectivity index (χ2v) is 5.79. The molecule has 0 amide bonds. The lowest BCUT2D eigenvalue weighted by Crippen LogP contribution is -2.12. The van der Waals surface area contributed by atoms with Crippen molar-refractivity contribution in [2.45, 2.75) is 37.7 Å². The van der Waals surface area contributed by atoms with Gasteiger partial charge in [-0.15, -0.1) is 10.2 Å². The fourth-order valence-electron chi connectivity index (χ4n) is 1.99. The minimum atomic E-state index is -0.514. The maximum atomic E-state index is 10.2. The molecular formula is C14H20N4OS. The van der Waals surface area contributed by atoms with Crippen molar-refractivity contribution in [3.63, 3.8) is 0 Å². The van der Waals surface area contributed by atoms with Crippen LogP contribution in [0.4, 0.5) is 0 Å². The Balaban J connectivity index is 2.06. The highest BCUT2D eigenvalue weighted by atomic mass is 32.2. The van der Waals surface area contributed by atoms with Gasteiger partial charge in [-0.3, -0.25) is 0 Å². The fraction of sp³-hybridized carbons (Fsp3) is 0.429. The van der Waals surface area contributed by atoms with Crippen LogP contribution < -0.4 is 5.73 Å².